The van der Waals surface area contributed by atoms with Gasteiger partial charge in [0.1, 0.15) is 5.82 Å². The minimum absolute atomic E-state index is 0.146. The van der Waals surface area contributed by atoms with Gasteiger partial charge in [-0.1, -0.05) is 28.6 Å². The molecule has 0 radical (unpaired) electrons. The lowest BCUT2D eigenvalue weighted by Crippen LogP contribution is -2.16. The minimum Gasteiger partial charge on any atom is -0.343 e. The van der Waals surface area contributed by atoms with Crippen LogP contribution in [0.3, 0.4) is 0 Å². The van der Waals surface area contributed by atoms with E-state index in [1.807, 2.05) is 0 Å². The average molecular weight is 264 g/mol. The molecule has 0 atom stereocenters. The molecule has 0 saturated carbocycles. The Balaban J connectivity index is 2.75. The van der Waals surface area contributed by atoms with E-state index in [0.717, 1.165) is 4.47 Å². The summed E-state index contributed by atoms with van der Waals surface area (Å²) in [6.07, 6.45) is 0. The third-order valence-electron chi connectivity index (χ3n) is 1.44. The van der Waals surface area contributed by atoms with Crippen molar-refractivity contribution in [2.45, 2.75) is 6.54 Å². The van der Waals surface area contributed by atoms with Crippen LogP contribution in [-0.4, -0.2) is 5.24 Å². The molecule has 0 aliphatic carbocycles. The van der Waals surface area contributed by atoms with Crippen LogP contribution in [0.15, 0.2) is 22.7 Å². The molecule has 1 N–H and O–H groups in total. The number of rotatable bonds is 2. The van der Waals surface area contributed by atoms with Gasteiger partial charge in [0.05, 0.1) is 0 Å². The van der Waals surface area contributed by atoms with E-state index in [0.29, 0.717) is 5.56 Å². The number of benzene rings is 1. The van der Waals surface area contributed by atoms with Crippen LogP contribution in [0.4, 0.5) is 9.18 Å². The lowest BCUT2D eigenvalue weighted by Gasteiger charge is -2.03. The molecule has 0 aliphatic heterocycles. The van der Waals surface area contributed by atoms with Crippen LogP contribution in [0.2, 0.25) is 0 Å². The molecule has 0 spiro atoms. The molecule has 1 rings (SSSR count). The fourth-order valence-corrected chi connectivity index (χ4v) is 1.34. The van der Waals surface area contributed by atoms with Crippen molar-refractivity contribution in [2.24, 2.45) is 0 Å². The van der Waals surface area contributed by atoms with E-state index in [2.05, 4.69) is 33.9 Å². The predicted octanol–water partition coefficient (Wildman–Crippen LogP) is 2.73. The van der Waals surface area contributed by atoms with Crippen molar-refractivity contribution in [3.8, 4) is 0 Å². The highest BCUT2D eigenvalue weighted by Crippen LogP contribution is 2.15. The van der Waals surface area contributed by atoms with Crippen molar-refractivity contribution in [3.05, 3.63) is 34.1 Å². The fraction of sp³-hybridized carbons (Fsp3) is 0.125. The average Bonchev–Trinajstić information content (AvgIpc) is 2.06. The first kappa shape index (κ1) is 10.5. The molecule has 1 amide bonds. The van der Waals surface area contributed by atoms with Crippen molar-refractivity contribution in [2.75, 3.05) is 0 Å². The van der Waals surface area contributed by atoms with Gasteiger partial charge >= 0.3 is 0 Å². The maximum absolute atomic E-state index is 13.0. The lowest BCUT2D eigenvalue weighted by molar-refractivity contribution is 0.260. The zero-order valence-corrected chi connectivity index (χ0v) is 9.03. The molecule has 1 aromatic rings. The van der Waals surface area contributed by atoms with Crippen molar-refractivity contribution in [1.82, 2.24) is 5.32 Å². The molecule has 0 unspecified atom stereocenters. The predicted molar refractivity (Wildman–Crippen MR) is 55.3 cm³/mol. The van der Waals surface area contributed by atoms with Crippen LogP contribution in [0.1, 0.15) is 5.56 Å². The van der Waals surface area contributed by atoms with Crippen molar-refractivity contribution in [1.29, 1.82) is 0 Å². The fourth-order valence-electron chi connectivity index (χ4n) is 0.850. The maximum atomic E-state index is 13.0. The second-order valence-corrected chi connectivity index (χ2v) is 3.72. The van der Waals surface area contributed by atoms with E-state index < -0.39 is 5.24 Å². The Labute approximate surface area is 89.1 Å². The highest BCUT2D eigenvalue weighted by molar-refractivity contribution is 9.10. The normalized spacial score (nSPS) is 9.77. The van der Waals surface area contributed by atoms with Gasteiger partial charge in [-0.15, -0.1) is 0 Å². The Morgan fingerprint density at radius 1 is 1.62 bits per heavy atom. The SMILES string of the molecule is O=C(S)NCc1cc(Br)ccc1F. The Hall–Kier alpha value is -0.550. The van der Waals surface area contributed by atoms with Crippen LogP contribution in [0, 0.1) is 5.82 Å². The summed E-state index contributed by atoms with van der Waals surface area (Å²) in [6, 6.07) is 4.55. The van der Waals surface area contributed by atoms with E-state index in [4.69, 9.17) is 0 Å². The molecular formula is C8H7BrFNOS. The molecule has 5 heteroatoms. The van der Waals surface area contributed by atoms with Crippen LogP contribution >= 0.6 is 28.6 Å². The van der Waals surface area contributed by atoms with Crippen LogP contribution in [0.5, 0.6) is 0 Å². The van der Waals surface area contributed by atoms with Gasteiger partial charge in [-0.3, -0.25) is 4.79 Å². The smallest absolute Gasteiger partial charge is 0.276 e. The zero-order chi connectivity index (χ0) is 9.84. The van der Waals surface area contributed by atoms with Gasteiger partial charge in [0.25, 0.3) is 5.24 Å². The summed E-state index contributed by atoms with van der Waals surface area (Å²) in [6.45, 7) is 0.146. The number of thiol groups is 1. The Bertz CT molecular complexity index is 332. The molecule has 2 nitrogen and oxygen atoms in total. The quantitative estimate of drug-likeness (QED) is 0.790. The Kier molecular flexibility index (Phi) is 3.74. The largest absolute Gasteiger partial charge is 0.343 e. The van der Waals surface area contributed by atoms with Gasteiger partial charge in [-0.25, -0.2) is 4.39 Å². The summed E-state index contributed by atoms with van der Waals surface area (Å²) < 4.78 is 13.8. The van der Waals surface area contributed by atoms with E-state index in [-0.39, 0.29) is 12.4 Å². The van der Waals surface area contributed by atoms with E-state index >= 15 is 0 Å². The molecule has 0 aliphatic rings. The monoisotopic (exact) mass is 263 g/mol. The van der Waals surface area contributed by atoms with Gasteiger partial charge in [-0.05, 0) is 18.2 Å². The first-order chi connectivity index (χ1) is 6.09. The summed E-state index contributed by atoms with van der Waals surface area (Å²) in [5.74, 6) is -0.342. The Morgan fingerprint density at radius 3 is 2.92 bits per heavy atom. The van der Waals surface area contributed by atoms with Gasteiger partial charge in [0, 0.05) is 16.6 Å². The second kappa shape index (κ2) is 4.62. The van der Waals surface area contributed by atoms with Crippen LogP contribution in [0.25, 0.3) is 0 Å². The number of amides is 1. The Morgan fingerprint density at radius 2 is 2.31 bits per heavy atom. The van der Waals surface area contributed by atoms with Crippen molar-refractivity contribution in [3.63, 3.8) is 0 Å². The van der Waals surface area contributed by atoms with Gasteiger partial charge in [0.2, 0.25) is 0 Å². The lowest BCUT2D eigenvalue weighted by atomic mass is 10.2. The summed E-state index contributed by atoms with van der Waals surface area (Å²) in [5, 5.41) is 1.92. The van der Waals surface area contributed by atoms with Crippen molar-refractivity contribution >= 4 is 33.8 Å². The van der Waals surface area contributed by atoms with Crippen molar-refractivity contribution < 1.29 is 9.18 Å². The second-order valence-electron chi connectivity index (χ2n) is 2.39. The number of carbonyl (C=O) groups excluding carboxylic acids is 1. The highest BCUT2D eigenvalue weighted by atomic mass is 79.9. The molecule has 1 aromatic carbocycles. The number of carbonyl (C=O) groups is 1. The van der Waals surface area contributed by atoms with E-state index in [1.165, 1.54) is 6.07 Å². The standard InChI is InChI=1S/C8H7BrFNOS/c9-6-1-2-7(10)5(3-6)4-11-8(12)13/h1-3H,4H2,(H2,11,12,13). The molecule has 13 heavy (non-hydrogen) atoms. The molecule has 0 fully saturated rings. The summed E-state index contributed by atoms with van der Waals surface area (Å²) in [7, 11) is 0. The minimum atomic E-state index is -0.473. The number of halogens is 2. The third-order valence-corrected chi connectivity index (χ3v) is 2.09. The molecular weight excluding hydrogens is 257 g/mol. The van der Waals surface area contributed by atoms with Gasteiger partial charge in [0.15, 0.2) is 0 Å². The zero-order valence-electron chi connectivity index (χ0n) is 6.55. The first-order valence-corrected chi connectivity index (χ1v) is 4.74. The number of nitrogens with one attached hydrogen (secondary N) is 1. The van der Waals surface area contributed by atoms with Crippen LogP contribution in [-0.2, 0) is 6.54 Å². The summed E-state index contributed by atoms with van der Waals surface area (Å²) in [5.41, 5.74) is 0.428. The third kappa shape index (κ3) is 3.36. The summed E-state index contributed by atoms with van der Waals surface area (Å²) >= 11 is 6.71. The molecule has 0 aromatic heterocycles. The first-order valence-electron chi connectivity index (χ1n) is 3.50. The number of hydrogen-bond acceptors (Lipinski definition) is 1. The molecule has 70 valence electrons. The van der Waals surface area contributed by atoms with Gasteiger partial charge < -0.3 is 5.32 Å². The molecule has 0 saturated heterocycles. The van der Waals surface area contributed by atoms with E-state index in [1.54, 1.807) is 12.1 Å². The maximum Gasteiger partial charge on any atom is 0.276 e. The molecule has 0 bridgehead atoms. The van der Waals surface area contributed by atoms with Gasteiger partial charge in [-0.2, -0.15) is 0 Å². The molecule has 0 heterocycles. The topological polar surface area (TPSA) is 29.1 Å². The highest BCUT2D eigenvalue weighted by Gasteiger charge is 2.02. The summed E-state index contributed by atoms with van der Waals surface area (Å²) in [4.78, 5) is 10.4. The van der Waals surface area contributed by atoms with Crippen LogP contribution < -0.4 is 5.32 Å². The number of hydrogen-bond donors (Lipinski definition) is 2. The van der Waals surface area contributed by atoms with E-state index in [9.17, 15) is 9.18 Å².